The molecular formula is C72H64Ag2N4O2+2. The van der Waals surface area contributed by atoms with Crippen LogP contribution in [-0.4, -0.2) is 10.2 Å². The minimum atomic E-state index is -0.0549. The summed E-state index contributed by atoms with van der Waals surface area (Å²) in [6.07, 6.45) is 0. The zero-order valence-corrected chi connectivity index (χ0v) is 48.7. The van der Waals surface area contributed by atoms with Crippen molar-refractivity contribution in [2.24, 2.45) is 0 Å². The van der Waals surface area contributed by atoms with Crippen LogP contribution in [0.4, 0.5) is 22.7 Å². The van der Waals surface area contributed by atoms with Crippen molar-refractivity contribution in [1.29, 1.82) is 0 Å². The molecule has 2 heterocycles. The number of benzene rings is 10. The molecule has 12 rings (SSSR count). The van der Waals surface area contributed by atoms with Gasteiger partial charge < -0.3 is 29.8 Å². The Morgan fingerprint density at radius 3 is 0.812 bits per heavy atom. The Morgan fingerprint density at radius 1 is 0.287 bits per heavy atom. The van der Waals surface area contributed by atoms with Gasteiger partial charge in [0, 0.05) is 45.0 Å². The molecule has 6 nitrogen and oxygen atoms in total. The molecule has 8 heteroatoms. The number of nitrogens with zero attached hydrogens (tertiary/aromatic N) is 4. The molecule has 10 aromatic carbocycles. The SMILES string of the molecule is Cc1cc(C)c(N2[C]N(c3ccccc3-c3ccccc3O)[C@@H](c3ccccc3)[C@@H]2c2ccccc2)c(C)c1.Cc1cc(C)c(N2[C]N(c3ccccc3-c3ccccc3O)[C@H](c3ccccc3)[C@H]2c2ccccc2)c(C)c1.[Ag+].[Ag+]. The molecule has 2 N–H and O–H groups in total. The maximum atomic E-state index is 10.8. The van der Waals surface area contributed by atoms with Crippen LogP contribution in [0.25, 0.3) is 22.3 Å². The van der Waals surface area contributed by atoms with E-state index in [9.17, 15) is 10.2 Å². The van der Waals surface area contributed by atoms with Gasteiger partial charge in [0.05, 0.1) is 24.2 Å². The summed E-state index contributed by atoms with van der Waals surface area (Å²) in [7, 11) is 0. The van der Waals surface area contributed by atoms with Gasteiger partial charge in [0.25, 0.3) is 0 Å². The molecule has 10 aromatic rings. The quantitative estimate of drug-likeness (QED) is 0.133. The zero-order chi connectivity index (χ0) is 53.9. The van der Waals surface area contributed by atoms with E-state index in [0.717, 1.165) is 33.6 Å². The number of phenols is 2. The van der Waals surface area contributed by atoms with Crippen molar-refractivity contribution in [2.75, 3.05) is 19.6 Å². The third-order valence-electron chi connectivity index (χ3n) is 15.2. The molecule has 2 aliphatic heterocycles. The summed E-state index contributed by atoms with van der Waals surface area (Å²) in [5.41, 5.74) is 20.2. The van der Waals surface area contributed by atoms with Crippen LogP contribution in [0.3, 0.4) is 0 Å². The van der Waals surface area contributed by atoms with Crippen LogP contribution in [0.1, 0.15) is 79.8 Å². The summed E-state index contributed by atoms with van der Waals surface area (Å²) < 4.78 is 0. The molecule has 0 bridgehead atoms. The van der Waals surface area contributed by atoms with Gasteiger partial charge in [-0.15, -0.1) is 0 Å². The number of aromatic hydroxyl groups is 2. The van der Waals surface area contributed by atoms with Gasteiger partial charge in [-0.2, -0.15) is 0 Å². The molecule has 0 saturated carbocycles. The predicted molar refractivity (Wildman–Crippen MR) is 322 cm³/mol. The number of rotatable bonds is 10. The van der Waals surface area contributed by atoms with E-state index in [4.69, 9.17) is 0 Å². The van der Waals surface area contributed by atoms with Crippen LogP contribution in [0.5, 0.6) is 11.5 Å². The number of hydrogen-bond acceptors (Lipinski definition) is 6. The molecule has 4 radical (unpaired) electrons. The van der Waals surface area contributed by atoms with Crippen molar-refractivity contribution >= 4 is 22.7 Å². The molecular weight excluding hydrogens is 1170 g/mol. The van der Waals surface area contributed by atoms with Crippen LogP contribution >= 0.6 is 0 Å². The van der Waals surface area contributed by atoms with Gasteiger partial charge in [-0.3, -0.25) is 0 Å². The second kappa shape index (κ2) is 25.3. The standard InChI is InChI=1S/2C36H32N2O.2Ag/c2*1-25-22-26(2)34(27(3)23-25)38-24-37(32-20-12-10-18-30(32)31-19-11-13-21-33(31)39)35(28-14-6-4-7-15-28)36(38)29-16-8-5-9-17-29;;/h2*4-23,35-36,39H,1-3H3;;/q;;2*+1/t2*35-,36-;;/m10../s1. The van der Waals surface area contributed by atoms with Crippen LogP contribution in [-0.2, 0) is 44.8 Å². The first kappa shape index (κ1) is 57.2. The van der Waals surface area contributed by atoms with Gasteiger partial charge in [0.1, 0.15) is 11.5 Å². The Morgan fingerprint density at radius 2 is 0.525 bits per heavy atom. The molecule has 0 aromatic heterocycles. The molecule has 0 amide bonds. The summed E-state index contributed by atoms with van der Waals surface area (Å²) in [4.78, 5) is 9.21. The average Bonchev–Trinajstić information content (AvgIpc) is 4.18. The second-order valence-corrected chi connectivity index (χ2v) is 20.7. The molecule has 2 aliphatic rings. The number of para-hydroxylation sites is 4. The normalized spacial score (nSPS) is 16.6. The predicted octanol–water partition coefficient (Wildman–Crippen LogP) is 17.6. The van der Waals surface area contributed by atoms with E-state index in [1.165, 1.54) is 67.0 Å². The van der Waals surface area contributed by atoms with Crippen LogP contribution in [0.15, 0.2) is 243 Å². The van der Waals surface area contributed by atoms with Gasteiger partial charge in [-0.1, -0.05) is 230 Å². The van der Waals surface area contributed by atoms with Crippen molar-refractivity contribution < 1.29 is 55.0 Å². The number of phenolic OH excluding ortho intramolecular Hbond substituents is 2. The minimum absolute atomic E-state index is 0. The second-order valence-electron chi connectivity index (χ2n) is 20.7. The van der Waals surface area contributed by atoms with Crippen molar-refractivity contribution in [3.8, 4) is 33.8 Å². The first-order chi connectivity index (χ1) is 38.0. The molecule has 404 valence electrons. The van der Waals surface area contributed by atoms with Gasteiger partial charge >= 0.3 is 44.8 Å². The number of anilines is 4. The zero-order valence-electron chi connectivity index (χ0n) is 45.7. The molecule has 2 fully saturated rings. The van der Waals surface area contributed by atoms with Crippen molar-refractivity contribution in [3.05, 3.63) is 312 Å². The van der Waals surface area contributed by atoms with E-state index in [1.54, 1.807) is 12.1 Å². The third-order valence-corrected chi connectivity index (χ3v) is 15.2. The van der Waals surface area contributed by atoms with Gasteiger partial charge in [-0.05, 0) is 110 Å². The van der Waals surface area contributed by atoms with Crippen molar-refractivity contribution in [3.63, 3.8) is 0 Å². The van der Waals surface area contributed by atoms with E-state index < -0.39 is 0 Å². The fourth-order valence-electron chi connectivity index (χ4n) is 12.1. The Bertz CT molecular complexity index is 3400. The average molecular weight is 1230 g/mol. The smallest absolute Gasteiger partial charge is 0.507 e. The summed E-state index contributed by atoms with van der Waals surface area (Å²) in [6, 6.07) is 83.4. The third kappa shape index (κ3) is 11.4. The Labute approximate surface area is 504 Å². The van der Waals surface area contributed by atoms with E-state index in [1.807, 2.05) is 48.5 Å². The van der Waals surface area contributed by atoms with Crippen LogP contribution in [0.2, 0.25) is 0 Å². The van der Waals surface area contributed by atoms with Crippen LogP contribution < -0.4 is 19.6 Å². The maximum Gasteiger partial charge on any atom is 1.00 e. The minimum Gasteiger partial charge on any atom is -0.507 e. The molecule has 0 spiro atoms. The molecule has 80 heavy (non-hydrogen) atoms. The summed E-state index contributed by atoms with van der Waals surface area (Å²) >= 11 is 0. The van der Waals surface area contributed by atoms with Gasteiger partial charge in [0.15, 0.2) is 0 Å². The first-order valence-electron chi connectivity index (χ1n) is 26.9. The van der Waals surface area contributed by atoms with E-state index >= 15 is 0 Å². The van der Waals surface area contributed by atoms with Crippen molar-refractivity contribution in [1.82, 2.24) is 0 Å². The Kier molecular flexibility index (Phi) is 18.1. The van der Waals surface area contributed by atoms with Crippen LogP contribution in [0, 0.1) is 54.9 Å². The molecule has 4 atom stereocenters. The van der Waals surface area contributed by atoms with E-state index in [2.05, 4.69) is 256 Å². The summed E-state index contributed by atoms with van der Waals surface area (Å²) in [6.45, 7) is 20.7. The van der Waals surface area contributed by atoms with Gasteiger partial charge in [0.2, 0.25) is 13.3 Å². The van der Waals surface area contributed by atoms with E-state index in [0.29, 0.717) is 0 Å². The van der Waals surface area contributed by atoms with Gasteiger partial charge in [-0.25, -0.2) is 0 Å². The molecule has 2 saturated heterocycles. The van der Waals surface area contributed by atoms with Crippen molar-refractivity contribution in [2.45, 2.75) is 65.7 Å². The maximum absolute atomic E-state index is 10.8. The Balaban J connectivity index is 0.000000189. The summed E-state index contributed by atoms with van der Waals surface area (Å²) in [5, 5.41) is 21.6. The summed E-state index contributed by atoms with van der Waals surface area (Å²) in [5.74, 6) is 0.532. The number of hydrogen-bond donors (Lipinski definition) is 2. The monoisotopic (exact) mass is 1230 g/mol. The number of aryl methyl sites for hydroxylation is 6. The Hall–Kier alpha value is -7.52. The first-order valence-corrected chi connectivity index (χ1v) is 26.9. The topological polar surface area (TPSA) is 53.4 Å². The van der Waals surface area contributed by atoms with E-state index in [-0.39, 0.29) is 80.4 Å². The molecule has 0 aliphatic carbocycles. The fourth-order valence-corrected chi connectivity index (χ4v) is 12.1. The largest absolute Gasteiger partial charge is 1.00 e. The fraction of sp³-hybridized carbons (Fsp3) is 0.139. The molecule has 0 unspecified atom stereocenters.